The van der Waals surface area contributed by atoms with Gasteiger partial charge in [-0.1, -0.05) is 18.2 Å². The Kier molecular flexibility index (Phi) is 5.23. The van der Waals surface area contributed by atoms with Gasteiger partial charge < -0.3 is 15.0 Å². The molecule has 1 aromatic carbocycles. The van der Waals surface area contributed by atoms with Gasteiger partial charge >= 0.3 is 0 Å². The van der Waals surface area contributed by atoms with Crippen LogP contribution in [0.1, 0.15) is 37.7 Å². The topological polar surface area (TPSA) is 58.6 Å². The smallest absolute Gasteiger partial charge is 0.236 e. The maximum Gasteiger partial charge on any atom is 0.236 e. The number of anilines is 1. The lowest BCUT2D eigenvalue weighted by Crippen LogP contribution is -2.51. The summed E-state index contributed by atoms with van der Waals surface area (Å²) in [5.41, 5.74) is 2.18. The highest BCUT2D eigenvalue weighted by atomic mass is 16.5. The zero-order valence-electron chi connectivity index (χ0n) is 15.0. The van der Waals surface area contributed by atoms with Gasteiger partial charge in [0, 0.05) is 31.5 Å². The van der Waals surface area contributed by atoms with E-state index in [1.54, 1.807) is 12.0 Å². The Hall–Kier alpha value is -2.14. The fourth-order valence-electron chi connectivity index (χ4n) is 3.92. The first-order valence-electron chi connectivity index (χ1n) is 8.95. The molecular formula is C20H26N2O3. The zero-order chi connectivity index (χ0) is 17.9. The Bertz CT molecular complexity index is 698. The number of nitrogens with zero attached hydrogens (tertiary/aromatic N) is 1. The van der Waals surface area contributed by atoms with E-state index in [1.807, 2.05) is 31.2 Å². The van der Waals surface area contributed by atoms with Crippen molar-refractivity contribution in [1.82, 2.24) is 4.90 Å². The third kappa shape index (κ3) is 3.47. The molecule has 5 heteroatoms. The van der Waals surface area contributed by atoms with Crippen molar-refractivity contribution in [2.45, 2.75) is 39.0 Å². The summed E-state index contributed by atoms with van der Waals surface area (Å²) in [5.74, 6) is 0.0862. The molecule has 3 rings (SSSR count). The Balaban J connectivity index is 1.88. The predicted octanol–water partition coefficient (Wildman–Crippen LogP) is 3.26. The molecule has 1 fully saturated rings. The van der Waals surface area contributed by atoms with Gasteiger partial charge in [0.15, 0.2) is 0 Å². The van der Waals surface area contributed by atoms with Crippen LogP contribution < -0.4 is 5.32 Å². The molecule has 25 heavy (non-hydrogen) atoms. The summed E-state index contributed by atoms with van der Waals surface area (Å²) in [4.78, 5) is 27.4. The van der Waals surface area contributed by atoms with Crippen molar-refractivity contribution in [1.29, 1.82) is 0 Å². The van der Waals surface area contributed by atoms with Gasteiger partial charge in [0.1, 0.15) is 0 Å². The number of rotatable bonds is 5. The van der Waals surface area contributed by atoms with E-state index < -0.39 is 5.41 Å². The first-order valence-corrected chi connectivity index (χ1v) is 8.95. The number of fused-ring (bicyclic) bond motifs is 1. The molecule has 1 unspecified atom stereocenters. The van der Waals surface area contributed by atoms with E-state index in [-0.39, 0.29) is 11.8 Å². The van der Waals surface area contributed by atoms with Crippen LogP contribution in [0.2, 0.25) is 0 Å². The zero-order valence-corrected chi connectivity index (χ0v) is 15.0. The molecule has 0 spiro atoms. The Labute approximate surface area is 149 Å². The molecule has 0 bridgehead atoms. The maximum atomic E-state index is 13.2. The number of ether oxygens (including phenoxy) is 1. The van der Waals surface area contributed by atoms with Crippen LogP contribution in [0.5, 0.6) is 0 Å². The van der Waals surface area contributed by atoms with Crippen molar-refractivity contribution in [3.8, 4) is 0 Å². The van der Waals surface area contributed by atoms with Crippen LogP contribution in [0.25, 0.3) is 0 Å². The van der Waals surface area contributed by atoms with Crippen LogP contribution in [0.15, 0.2) is 36.0 Å². The number of methoxy groups -OCH3 is 1. The molecule has 1 saturated heterocycles. The third-order valence-corrected chi connectivity index (χ3v) is 5.22. The molecule has 2 aliphatic rings. The van der Waals surface area contributed by atoms with Gasteiger partial charge in [-0.2, -0.15) is 0 Å². The van der Waals surface area contributed by atoms with Gasteiger partial charge in [-0.15, -0.1) is 0 Å². The highest BCUT2D eigenvalue weighted by Crippen LogP contribution is 2.47. The standard InChI is InChI=1S/C20H26N2O3/c1-15-6-5-7-16(14-15)21-19(24)20-10-4-3-8-17(20)22(12-13-25-2)18(23)9-11-20/h5-8,14H,3-4,9-13H2,1-2H3,(H,21,24). The van der Waals surface area contributed by atoms with E-state index in [2.05, 4.69) is 11.4 Å². The number of hydrogen-bond donors (Lipinski definition) is 1. The molecule has 1 N–H and O–H groups in total. The highest BCUT2D eigenvalue weighted by Gasteiger charge is 2.49. The number of hydrogen-bond acceptors (Lipinski definition) is 3. The number of carbonyl (C=O) groups excluding carboxylic acids is 2. The van der Waals surface area contributed by atoms with Gasteiger partial charge in [-0.05, 0) is 50.3 Å². The number of likely N-dealkylation sites (tertiary alicyclic amines) is 1. The SMILES string of the molecule is COCCN1C(=O)CCC2(C(=O)Nc3cccc(C)c3)CCCC=C12. The molecule has 0 radical (unpaired) electrons. The van der Waals surface area contributed by atoms with Gasteiger partial charge in [-0.25, -0.2) is 0 Å². The molecule has 0 aromatic heterocycles. The van der Waals surface area contributed by atoms with Crippen molar-refractivity contribution in [3.05, 3.63) is 41.6 Å². The molecular weight excluding hydrogens is 316 g/mol. The molecule has 1 aromatic rings. The van der Waals surface area contributed by atoms with Crippen molar-refractivity contribution < 1.29 is 14.3 Å². The number of allylic oxidation sites excluding steroid dienone is 1. The lowest BCUT2D eigenvalue weighted by Gasteiger charge is -2.45. The Morgan fingerprint density at radius 1 is 1.36 bits per heavy atom. The van der Waals surface area contributed by atoms with Crippen molar-refractivity contribution in [3.63, 3.8) is 0 Å². The molecule has 1 aliphatic heterocycles. The second-order valence-corrected chi connectivity index (χ2v) is 6.93. The fraction of sp³-hybridized carbons (Fsp3) is 0.500. The van der Waals surface area contributed by atoms with Crippen molar-refractivity contribution in [2.24, 2.45) is 5.41 Å². The Morgan fingerprint density at radius 3 is 2.96 bits per heavy atom. The normalized spacial score (nSPS) is 23.0. The van der Waals surface area contributed by atoms with E-state index in [9.17, 15) is 9.59 Å². The minimum absolute atomic E-state index is 0.000957. The van der Waals surface area contributed by atoms with Gasteiger partial charge in [0.2, 0.25) is 11.8 Å². The largest absolute Gasteiger partial charge is 0.383 e. The molecule has 134 valence electrons. The van der Waals surface area contributed by atoms with Crippen LogP contribution in [-0.4, -0.2) is 37.0 Å². The summed E-state index contributed by atoms with van der Waals surface area (Å²) < 4.78 is 5.15. The van der Waals surface area contributed by atoms with E-state index in [4.69, 9.17) is 4.74 Å². The molecule has 5 nitrogen and oxygen atoms in total. The van der Waals surface area contributed by atoms with Crippen LogP contribution in [0.4, 0.5) is 5.69 Å². The summed E-state index contributed by atoms with van der Waals surface area (Å²) in [6.45, 7) is 2.98. The maximum absolute atomic E-state index is 13.2. The number of aryl methyl sites for hydroxylation is 1. The molecule has 0 saturated carbocycles. The average molecular weight is 342 g/mol. The summed E-state index contributed by atoms with van der Waals surface area (Å²) in [6, 6.07) is 7.82. The van der Waals surface area contributed by atoms with E-state index in [0.717, 1.165) is 36.2 Å². The molecule has 1 atom stereocenters. The average Bonchev–Trinajstić information content (AvgIpc) is 2.61. The van der Waals surface area contributed by atoms with Crippen LogP contribution in [-0.2, 0) is 14.3 Å². The Morgan fingerprint density at radius 2 is 2.20 bits per heavy atom. The minimum Gasteiger partial charge on any atom is -0.383 e. The highest BCUT2D eigenvalue weighted by molar-refractivity contribution is 5.99. The van der Waals surface area contributed by atoms with Gasteiger partial charge in [0.25, 0.3) is 0 Å². The summed E-state index contributed by atoms with van der Waals surface area (Å²) in [7, 11) is 1.63. The summed E-state index contributed by atoms with van der Waals surface area (Å²) in [5, 5.41) is 3.08. The van der Waals surface area contributed by atoms with E-state index in [0.29, 0.717) is 26.0 Å². The van der Waals surface area contributed by atoms with Crippen molar-refractivity contribution >= 4 is 17.5 Å². The monoisotopic (exact) mass is 342 g/mol. The minimum atomic E-state index is -0.607. The number of nitrogens with one attached hydrogen (secondary N) is 1. The quantitative estimate of drug-likeness (QED) is 0.893. The predicted molar refractivity (Wildman–Crippen MR) is 97.0 cm³/mol. The van der Waals surface area contributed by atoms with Crippen LogP contribution in [0.3, 0.4) is 0 Å². The molecule has 1 aliphatic carbocycles. The van der Waals surface area contributed by atoms with Crippen molar-refractivity contribution in [2.75, 3.05) is 25.6 Å². The number of benzene rings is 1. The summed E-state index contributed by atoms with van der Waals surface area (Å²) in [6.07, 6.45) is 5.73. The fourth-order valence-corrected chi connectivity index (χ4v) is 3.92. The lowest BCUT2D eigenvalue weighted by molar-refractivity contribution is -0.138. The van der Waals surface area contributed by atoms with E-state index in [1.165, 1.54) is 0 Å². The third-order valence-electron chi connectivity index (χ3n) is 5.22. The molecule has 2 amide bonds. The number of piperidine rings is 1. The van der Waals surface area contributed by atoms with Gasteiger partial charge in [-0.3, -0.25) is 9.59 Å². The number of amides is 2. The first kappa shape index (κ1) is 17.7. The summed E-state index contributed by atoms with van der Waals surface area (Å²) >= 11 is 0. The number of carbonyl (C=O) groups is 2. The first-order chi connectivity index (χ1) is 12.1. The van der Waals surface area contributed by atoms with E-state index >= 15 is 0 Å². The lowest BCUT2D eigenvalue weighted by atomic mass is 9.69. The van der Waals surface area contributed by atoms with Crippen LogP contribution in [0, 0.1) is 12.3 Å². The van der Waals surface area contributed by atoms with Crippen LogP contribution >= 0.6 is 0 Å². The van der Waals surface area contributed by atoms with Gasteiger partial charge in [0.05, 0.1) is 12.0 Å². The second-order valence-electron chi connectivity index (χ2n) is 6.93. The molecule has 1 heterocycles. The second kappa shape index (κ2) is 7.40.